The molecule has 0 aliphatic carbocycles. The monoisotopic (exact) mass is 322 g/mol. The molecule has 2 heteroatoms. The van der Waals surface area contributed by atoms with E-state index < -0.39 is 8.32 Å². The third kappa shape index (κ3) is 11.1. The maximum atomic E-state index is 6.10. The Kier molecular flexibility index (Phi) is 11.7. The Balaban J connectivity index is 3.62. The van der Waals surface area contributed by atoms with Crippen LogP contribution < -0.4 is 0 Å². The van der Waals surface area contributed by atoms with Gasteiger partial charge in [-0.05, 0) is 37.0 Å². The summed E-state index contributed by atoms with van der Waals surface area (Å²) in [4.78, 5) is 0. The summed E-state index contributed by atoms with van der Waals surface area (Å²) in [6.07, 6.45) is 14.4. The van der Waals surface area contributed by atoms with Crippen molar-refractivity contribution in [3.63, 3.8) is 0 Å². The average Bonchev–Trinajstić information content (AvgIpc) is 2.42. The van der Waals surface area contributed by atoms with E-state index in [9.17, 15) is 0 Å². The number of unbranched alkanes of at least 4 members (excludes halogenated alkanes) is 6. The lowest BCUT2D eigenvalue weighted by atomic mass is 10.1. The Morgan fingerprint density at radius 3 is 2.27 bits per heavy atom. The minimum Gasteiger partial charge on any atom is -0.416 e. The van der Waals surface area contributed by atoms with Crippen LogP contribution in [0.1, 0.15) is 79.1 Å². The lowest BCUT2D eigenvalue weighted by Gasteiger charge is -2.35. The Hall–Kier alpha value is -0.523. The fourth-order valence-corrected chi connectivity index (χ4v) is 2.93. The predicted octanol–water partition coefficient (Wildman–Crippen LogP) is 6.71. The molecule has 0 saturated heterocycles. The molecule has 0 bridgehead atoms. The quantitative estimate of drug-likeness (QED) is 0.247. The second kappa shape index (κ2) is 12.0. The second-order valence-electron chi connectivity index (χ2n) is 7.64. The molecule has 0 aromatic carbocycles. The van der Waals surface area contributed by atoms with Crippen molar-refractivity contribution in [1.29, 1.82) is 0 Å². The third-order valence-corrected chi connectivity index (χ3v) is 9.06. The van der Waals surface area contributed by atoms with Crippen LogP contribution >= 0.6 is 0 Å². The van der Waals surface area contributed by atoms with Gasteiger partial charge in [0, 0.05) is 13.0 Å². The molecule has 0 unspecified atom stereocenters. The van der Waals surface area contributed by atoms with Crippen molar-refractivity contribution in [3.8, 4) is 11.8 Å². The fraction of sp³-hybridized carbons (Fsp3) is 0.800. The van der Waals surface area contributed by atoms with Crippen molar-refractivity contribution in [2.24, 2.45) is 0 Å². The van der Waals surface area contributed by atoms with Gasteiger partial charge in [-0.3, -0.25) is 0 Å². The molecule has 1 nitrogen and oxygen atoms in total. The van der Waals surface area contributed by atoms with Gasteiger partial charge in [0.15, 0.2) is 8.32 Å². The zero-order chi connectivity index (χ0) is 16.9. The standard InChI is InChI=1S/C20H38OSi/c1-7-8-9-10-11-12-13-14-15-16-17-18-19-21-22(5,6)20(2,3)4/h14-15H,7-13,18-19H2,1-6H3/b15-14+. The molecule has 0 fully saturated rings. The third-order valence-electron chi connectivity index (χ3n) is 4.52. The van der Waals surface area contributed by atoms with Crippen LogP contribution in [0.2, 0.25) is 18.1 Å². The summed E-state index contributed by atoms with van der Waals surface area (Å²) < 4.78 is 6.10. The second-order valence-corrected chi connectivity index (χ2v) is 12.4. The van der Waals surface area contributed by atoms with Gasteiger partial charge in [0.25, 0.3) is 0 Å². The van der Waals surface area contributed by atoms with E-state index in [0.717, 1.165) is 13.0 Å². The van der Waals surface area contributed by atoms with E-state index in [4.69, 9.17) is 4.43 Å². The molecule has 0 radical (unpaired) electrons. The first-order chi connectivity index (χ1) is 10.3. The van der Waals surface area contributed by atoms with Crippen molar-refractivity contribution in [3.05, 3.63) is 12.2 Å². The van der Waals surface area contributed by atoms with Crippen LogP contribution in [0.25, 0.3) is 0 Å². The van der Waals surface area contributed by atoms with Gasteiger partial charge in [-0.1, -0.05) is 77.7 Å². The van der Waals surface area contributed by atoms with Gasteiger partial charge in [-0.15, -0.1) is 0 Å². The number of hydrogen-bond donors (Lipinski definition) is 0. The molecular weight excluding hydrogens is 284 g/mol. The summed E-state index contributed by atoms with van der Waals surface area (Å²) in [5, 5.41) is 0.289. The van der Waals surface area contributed by atoms with Gasteiger partial charge < -0.3 is 4.43 Å². The first-order valence-corrected chi connectivity index (χ1v) is 12.0. The summed E-state index contributed by atoms with van der Waals surface area (Å²) in [7, 11) is -1.59. The largest absolute Gasteiger partial charge is 0.416 e. The van der Waals surface area contributed by atoms with E-state index >= 15 is 0 Å². The van der Waals surface area contributed by atoms with Gasteiger partial charge in [0.1, 0.15) is 0 Å². The Labute approximate surface area is 141 Å². The molecule has 0 amide bonds. The summed E-state index contributed by atoms with van der Waals surface area (Å²) in [6, 6.07) is 0. The van der Waals surface area contributed by atoms with Crippen molar-refractivity contribution >= 4 is 8.32 Å². The molecule has 0 aliphatic heterocycles. The highest BCUT2D eigenvalue weighted by Crippen LogP contribution is 2.36. The number of rotatable bonds is 10. The van der Waals surface area contributed by atoms with Crippen LogP contribution in [0.3, 0.4) is 0 Å². The minimum atomic E-state index is -1.59. The summed E-state index contributed by atoms with van der Waals surface area (Å²) in [5.41, 5.74) is 0. The first-order valence-electron chi connectivity index (χ1n) is 9.08. The smallest absolute Gasteiger partial charge is 0.192 e. The molecule has 22 heavy (non-hydrogen) atoms. The van der Waals surface area contributed by atoms with Crippen LogP contribution in [-0.4, -0.2) is 14.9 Å². The van der Waals surface area contributed by atoms with Crippen LogP contribution in [0, 0.1) is 11.8 Å². The van der Waals surface area contributed by atoms with Gasteiger partial charge in [-0.2, -0.15) is 0 Å². The van der Waals surface area contributed by atoms with Crippen molar-refractivity contribution in [2.45, 2.75) is 97.2 Å². The molecule has 0 heterocycles. The van der Waals surface area contributed by atoms with Crippen LogP contribution in [-0.2, 0) is 4.43 Å². The molecule has 0 aromatic rings. The van der Waals surface area contributed by atoms with Crippen LogP contribution in [0.4, 0.5) is 0 Å². The van der Waals surface area contributed by atoms with Crippen molar-refractivity contribution in [1.82, 2.24) is 0 Å². The van der Waals surface area contributed by atoms with E-state index in [0.29, 0.717) is 0 Å². The number of allylic oxidation sites excluding steroid dienone is 2. The first kappa shape index (κ1) is 21.5. The van der Waals surface area contributed by atoms with Crippen molar-refractivity contribution < 1.29 is 4.43 Å². The number of hydrogen-bond acceptors (Lipinski definition) is 1. The molecule has 0 spiro atoms. The average molecular weight is 323 g/mol. The van der Waals surface area contributed by atoms with Crippen LogP contribution in [0.5, 0.6) is 0 Å². The van der Waals surface area contributed by atoms with E-state index in [2.05, 4.69) is 58.7 Å². The van der Waals surface area contributed by atoms with E-state index in [1.54, 1.807) is 0 Å². The summed E-state index contributed by atoms with van der Waals surface area (Å²) in [6.45, 7) is 14.4. The summed E-state index contributed by atoms with van der Waals surface area (Å²) >= 11 is 0. The molecule has 0 aromatic heterocycles. The molecule has 0 aliphatic rings. The topological polar surface area (TPSA) is 9.23 Å². The van der Waals surface area contributed by atoms with Crippen molar-refractivity contribution in [2.75, 3.05) is 6.61 Å². The molecular formula is C20H38OSi. The van der Waals surface area contributed by atoms with Gasteiger partial charge in [0.2, 0.25) is 0 Å². The normalized spacial score (nSPS) is 12.5. The zero-order valence-electron chi connectivity index (χ0n) is 15.9. The molecule has 128 valence electrons. The Bertz CT molecular complexity index is 352. The molecule has 0 saturated carbocycles. The molecule has 0 N–H and O–H groups in total. The SMILES string of the molecule is CCCCCCCC/C=C/C#CCCO[Si](C)(C)C(C)(C)C. The minimum absolute atomic E-state index is 0.289. The van der Waals surface area contributed by atoms with Gasteiger partial charge >= 0.3 is 0 Å². The molecule has 0 rings (SSSR count). The lowest BCUT2D eigenvalue weighted by Crippen LogP contribution is -2.40. The maximum Gasteiger partial charge on any atom is 0.192 e. The van der Waals surface area contributed by atoms with Gasteiger partial charge in [0.05, 0.1) is 0 Å². The highest BCUT2D eigenvalue weighted by molar-refractivity contribution is 6.74. The Morgan fingerprint density at radius 2 is 1.64 bits per heavy atom. The summed E-state index contributed by atoms with van der Waals surface area (Å²) in [5.74, 6) is 6.32. The van der Waals surface area contributed by atoms with E-state index in [1.807, 2.05) is 6.08 Å². The van der Waals surface area contributed by atoms with Gasteiger partial charge in [-0.25, -0.2) is 0 Å². The highest BCUT2D eigenvalue weighted by atomic mass is 28.4. The van der Waals surface area contributed by atoms with Crippen LogP contribution in [0.15, 0.2) is 12.2 Å². The molecule has 0 atom stereocenters. The highest BCUT2D eigenvalue weighted by Gasteiger charge is 2.36. The lowest BCUT2D eigenvalue weighted by molar-refractivity contribution is 0.296. The fourth-order valence-electron chi connectivity index (χ4n) is 1.89. The maximum absolute atomic E-state index is 6.10. The van der Waals surface area contributed by atoms with E-state index in [-0.39, 0.29) is 5.04 Å². The zero-order valence-corrected chi connectivity index (χ0v) is 16.9. The predicted molar refractivity (Wildman–Crippen MR) is 103 cm³/mol. The van der Waals surface area contributed by atoms with E-state index in [1.165, 1.54) is 44.9 Å². The Morgan fingerprint density at radius 1 is 1.00 bits per heavy atom.